The van der Waals surface area contributed by atoms with Crippen molar-refractivity contribution in [3.63, 3.8) is 0 Å². The molecule has 0 aliphatic carbocycles. The molecule has 0 amide bonds. The first-order chi connectivity index (χ1) is 30.7. The van der Waals surface area contributed by atoms with Gasteiger partial charge in [-0.25, -0.2) is 0 Å². The maximum absolute atomic E-state index is 2.41. The lowest BCUT2D eigenvalue weighted by atomic mass is 9.96. The highest BCUT2D eigenvalue weighted by Crippen LogP contribution is 2.48. The van der Waals surface area contributed by atoms with E-state index in [1.807, 2.05) is 22.7 Å². The van der Waals surface area contributed by atoms with Crippen molar-refractivity contribution < 1.29 is 0 Å². The molecule has 0 fully saturated rings. The summed E-state index contributed by atoms with van der Waals surface area (Å²) in [5.41, 5.74) is 11.6. The minimum absolute atomic E-state index is 1.12. The van der Waals surface area contributed by atoms with Crippen LogP contribution in [0.1, 0.15) is 0 Å². The lowest BCUT2D eigenvalue weighted by Gasteiger charge is -2.27. The summed E-state index contributed by atoms with van der Waals surface area (Å²) in [6.45, 7) is 0. The van der Waals surface area contributed by atoms with Gasteiger partial charge >= 0.3 is 0 Å². The first-order valence-electron chi connectivity index (χ1n) is 21.0. The number of hydrogen-bond donors (Lipinski definition) is 0. The lowest BCUT2D eigenvalue weighted by Crippen LogP contribution is -2.10. The maximum atomic E-state index is 2.41. The van der Waals surface area contributed by atoms with Crippen molar-refractivity contribution in [1.29, 1.82) is 0 Å². The monoisotopic (exact) mass is 826 g/mol. The number of rotatable bonds is 8. The van der Waals surface area contributed by atoms with E-state index in [9.17, 15) is 0 Å². The van der Waals surface area contributed by atoms with Gasteiger partial charge in [0.2, 0.25) is 0 Å². The number of benzene rings is 10. The van der Waals surface area contributed by atoms with Crippen LogP contribution in [-0.2, 0) is 0 Å². The minimum atomic E-state index is 1.12. The van der Waals surface area contributed by atoms with Gasteiger partial charge in [0.05, 0.1) is 0 Å². The van der Waals surface area contributed by atoms with Gasteiger partial charge in [-0.05, 0) is 107 Å². The summed E-state index contributed by atoms with van der Waals surface area (Å²) in [6.07, 6.45) is 0. The molecule has 62 heavy (non-hydrogen) atoms. The van der Waals surface area contributed by atoms with Crippen LogP contribution in [0.2, 0.25) is 0 Å². The van der Waals surface area contributed by atoms with Crippen molar-refractivity contribution >= 4 is 108 Å². The Morgan fingerprint density at radius 3 is 1.15 bits per heavy atom. The van der Waals surface area contributed by atoms with Gasteiger partial charge in [0.1, 0.15) is 0 Å². The Hall–Kier alpha value is -7.50. The average molecular weight is 827 g/mol. The SMILES string of the molecule is c1ccc(N(c2ccccc2)c2cc(-c3ccc(-c4cc(N(c5ccccc5)c5ccc6ccccc6c5)cc5c4sc4ccccc45)cc3)c3sc4ccccc4c3c2)cc1. The lowest BCUT2D eigenvalue weighted by molar-refractivity contribution is 1.29. The molecule has 0 N–H and O–H groups in total. The van der Waals surface area contributed by atoms with E-state index in [1.165, 1.54) is 73.4 Å². The van der Waals surface area contributed by atoms with Crippen molar-refractivity contribution in [2.45, 2.75) is 0 Å². The predicted octanol–water partition coefficient (Wildman–Crippen LogP) is 17.8. The first kappa shape index (κ1) is 36.4. The molecule has 0 saturated carbocycles. The molecule has 2 aromatic heterocycles. The van der Waals surface area contributed by atoms with Gasteiger partial charge in [0.25, 0.3) is 0 Å². The standard InChI is InChI=1S/C58H38N2S2/c1-4-18-43(19-5-1)59(44-20-6-2-7-21-44)47-35-51(57-53(37-47)49-24-12-14-26-55(49)61-57)40-28-30-41(31-29-40)52-36-48(38-54-50-25-13-15-27-56(50)62-58(52)54)60(45-22-8-3-9-23-45)46-33-32-39-16-10-11-17-42(39)34-46/h1-38H. The average Bonchev–Trinajstić information content (AvgIpc) is 3.91. The van der Waals surface area contributed by atoms with E-state index in [-0.39, 0.29) is 0 Å². The third kappa shape index (κ3) is 6.31. The molecule has 0 aliphatic rings. The van der Waals surface area contributed by atoms with Crippen molar-refractivity contribution in [2.75, 3.05) is 9.80 Å². The van der Waals surface area contributed by atoms with Gasteiger partial charge in [-0.15, -0.1) is 22.7 Å². The maximum Gasteiger partial charge on any atom is 0.0475 e. The summed E-state index contributed by atoms with van der Waals surface area (Å²) < 4.78 is 5.18. The first-order valence-corrected chi connectivity index (χ1v) is 22.6. The second-order valence-electron chi connectivity index (χ2n) is 15.7. The highest BCUT2D eigenvalue weighted by molar-refractivity contribution is 7.26. The van der Waals surface area contributed by atoms with Gasteiger partial charge in [-0.3, -0.25) is 0 Å². The Kier molecular flexibility index (Phi) is 8.91. The largest absolute Gasteiger partial charge is 0.310 e. The van der Waals surface area contributed by atoms with Crippen LogP contribution < -0.4 is 9.80 Å². The van der Waals surface area contributed by atoms with Gasteiger partial charge in [0, 0.05) is 85.6 Å². The summed E-state index contributed by atoms with van der Waals surface area (Å²) in [5, 5.41) is 7.56. The van der Waals surface area contributed by atoms with Gasteiger partial charge < -0.3 is 9.80 Å². The van der Waals surface area contributed by atoms with Crippen LogP contribution in [0.5, 0.6) is 0 Å². The molecule has 12 rings (SSSR count). The fraction of sp³-hybridized carbons (Fsp3) is 0. The van der Waals surface area contributed by atoms with Crippen LogP contribution in [0.15, 0.2) is 231 Å². The highest BCUT2D eigenvalue weighted by Gasteiger charge is 2.21. The summed E-state index contributed by atoms with van der Waals surface area (Å²) in [4.78, 5) is 4.78. The molecule has 0 bridgehead atoms. The summed E-state index contributed by atoms with van der Waals surface area (Å²) in [5.74, 6) is 0. The smallest absolute Gasteiger partial charge is 0.0475 e. The van der Waals surface area contributed by atoms with Crippen LogP contribution in [0, 0.1) is 0 Å². The molecular formula is C58H38N2S2. The fourth-order valence-electron chi connectivity index (χ4n) is 9.08. The Bertz CT molecular complexity index is 3530. The molecule has 292 valence electrons. The molecule has 4 heteroatoms. The van der Waals surface area contributed by atoms with Crippen molar-refractivity contribution in [2.24, 2.45) is 0 Å². The Morgan fingerprint density at radius 2 is 0.661 bits per heavy atom. The highest BCUT2D eigenvalue weighted by atomic mass is 32.1. The zero-order valence-corrected chi connectivity index (χ0v) is 35.3. The number of anilines is 6. The van der Waals surface area contributed by atoms with E-state index >= 15 is 0 Å². The van der Waals surface area contributed by atoms with E-state index in [0.29, 0.717) is 0 Å². The van der Waals surface area contributed by atoms with Gasteiger partial charge in [-0.1, -0.05) is 146 Å². The van der Waals surface area contributed by atoms with Gasteiger partial charge in [0.15, 0.2) is 0 Å². The number of para-hydroxylation sites is 3. The molecule has 0 atom stereocenters. The molecule has 2 heterocycles. The topological polar surface area (TPSA) is 6.48 Å². The summed E-state index contributed by atoms with van der Waals surface area (Å²) in [7, 11) is 0. The number of thiophene rings is 2. The molecule has 2 nitrogen and oxygen atoms in total. The van der Waals surface area contributed by atoms with E-state index < -0.39 is 0 Å². The zero-order valence-electron chi connectivity index (χ0n) is 33.7. The van der Waals surface area contributed by atoms with E-state index in [4.69, 9.17) is 0 Å². The van der Waals surface area contributed by atoms with Crippen molar-refractivity contribution in [3.05, 3.63) is 231 Å². The Balaban J connectivity index is 1.05. The van der Waals surface area contributed by atoms with Crippen LogP contribution in [0.4, 0.5) is 34.1 Å². The van der Waals surface area contributed by atoms with Crippen LogP contribution in [0.25, 0.3) is 73.4 Å². The van der Waals surface area contributed by atoms with Crippen molar-refractivity contribution in [1.82, 2.24) is 0 Å². The zero-order chi connectivity index (χ0) is 41.0. The Labute approximate surface area is 368 Å². The molecular weight excluding hydrogens is 789 g/mol. The molecule has 0 saturated heterocycles. The quantitative estimate of drug-likeness (QED) is 0.151. The third-order valence-corrected chi connectivity index (χ3v) is 14.4. The predicted molar refractivity (Wildman–Crippen MR) is 270 cm³/mol. The van der Waals surface area contributed by atoms with E-state index in [2.05, 4.69) is 240 Å². The minimum Gasteiger partial charge on any atom is -0.310 e. The summed E-state index contributed by atoms with van der Waals surface area (Å²) >= 11 is 3.76. The Morgan fingerprint density at radius 1 is 0.258 bits per heavy atom. The molecule has 12 aromatic rings. The van der Waals surface area contributed by atoms with Crippen LogP contribution in [0.3, 0.4) is 0 Å². The van der Waals surface area contributed by atoms with Crippen LogP contribution >= 0.6 is 22.7 Å². The summed E-state index contributed by atoms with van der Waals surface area (Å²) in [6, 6.07) is 84.1. The van der Waals surface area contributed by atoms with E-state index in [0.717, 1.165) is 34.1 Å². The second kappa shape index (κ2) is 15.2. The van der Waals surface area contributed by atoms with Crippen molar-refractivity contribution in [3.8, 4) is 22.3 Å². The second-order valence-corrected chi connectivity index (χ2v) is 17.8. The fourth-order valence-corrected chi connectivity index (χ4v) is 11.5. The van der Waals surface area contributed by atoms with Gasteiger partial charge in [-0.2, -0.15) is 0 Å². The molecule has 10 aromatic carbocycles. The normalized spacial score (nSPS) is 11.5. The van der Waals surface area contributed by atoms with E-state index in [1.54, 1.807) is 0 Å². The third-order valence-electron chi connectivity index (χ3n) is 12.0. The molecule has 0 spiro atoms. The molecule has 0 aliphatic heterocycles. The van der Waals surface area contributed by atoms with Crippen LogP contribution in [-0.4, -0.2) is 0 Å². The number of hydrogen-bond acceptors (Lipinski definition) is 4. The number of fused-ring (bicyclic) bond motifs is 7. The number of nitrogens with zero attached hydrogens (tertiary/aromatic N) is 2. The molecule has 0 radical (unpaired) electrons. The molecule has 0 unspecified atom stereocenters.